The number of rotatable bonds is 9. The third-order valence-electron chi connectivity index (χ3n) is 5.16. The summed E-state index contributed by atoms with van der Waals surface area (Å²) in [5.74, 6) is 0.984. The monoisotopic (exact) mass is 527 g/mol. The average molecular weight is 528 g/mol. The van der Waals surface area contributed by atoms with Gasteiger partial charge in [-0.2, -0.15) is 0 Å². The van der Waals surface area contributed by atoms with E-state index in [2.05, 4.69) is 0 Å². The molecule has 2 aromatic carbocycles. The van der Waals surface area contributed by atoms with E-state index in [1.807, 2.05) is 6.07 Å². The lowest BCUT2D eigenvalue weighted by atomic mass is 10.1. The van der Waals surface area contributed by atoms with Gasteiger partial charge in [-0.3, -0.25) is 14.5 Å². The third-order valence-corrected chi connectivity index (χ3v) is 6.40. The topological polar surface area (TPSA) is 95.3 Å². The Labute approximate surface area is 216 Å². The summed E-state index contributed by atoms with van der Waals surface area (Å²) in [5, 5.41) is -0.120. The van der Waals surface area contributed by atoms with Crippen molar-refractivity contribution in [3.63, 3.8) is 0 Å². The van der Waals surface area contributed by atoms with Crippen molar-refractivity contribution in [3.8, 4) is 22.8 Å². The molecule has 1 saturated heterocycles. The van der Waals surface area contributed by atoms with E-state index in [1.165, 1.54) is 13.2 Å². The van der Waals surface area contributed by atoms with E-state index in [0.717, 1.165) is 16.7 Å². The molecule has 1 fully saturated rings. The van der Waals surface area contributed by atoms with Gasteiger partial charge < -0.3 is 18.6 Å². The molecule has 0 saturated carbocycles. The molecular weight excluding hydrogens is 506 g/mol. The first kappa shape index (κ1) is 25.4. The predicted octanol–water partition coefficient (Wildman–Crippen LogP) is 5.90. The number of thioether (sulfide) groups is 1. The molecule has 3 aromatic rings. The molecule has 4 rings (SSSR count). The molecule has 0 N–H and O–H groups in total. The number of nitrogens with zero attached hydrogens (tertiary/aromatic N) is 1. The number of imide groups is 1. The summed E-state index contributed by atoms with van der Waals surface area (Å²) in [6, 6.07) is 15.4. The minimum absolute atomic E-state index is 0.0882. The van der Waals surface area contributed by atoms with Crippen molar-refractivity contribution in [1.82, 2.24) is 4.90 Å². The van der Waals surface area contributed by atoms with Crippen LogP contribution < -0.4 is 9.47 Å². The van der Waals surface area contributed by atoms with Gasteiger partial charge in [0.25, 0.3) is 11.1 Å². The highest BCUT2D eigenvalue weighted by Crippen LogP contribution is 2.34. The molecule has 1 aromatic heterocycles. The van der Waals surface area contributed by atoms with E-state index in [9.17, 15) is 14.4 Å². The number of methoxy groups -OCH3 is 1. The van der Waals surface area contributed by atoms with Crippen molar-refractivity contribution in [2.24, 2.45) is 0 Å². The lowest BCUT2D eigenvalue weighted by Crippen LogP contribution is -2.32. The maximum absolute atomic E-state index is 12.8. The van der Waals surface area contributed by atoms with Gasteiger partial charge >= 0.3 is 5.97 Å². The van der Waals surface area contributed by atoms with E-state index in [-0.39, 0.29) is 35.2 Å². The molecule has 0 unspecified atom stereocenters. The maximum Gasteiger partial charge on any atom is 0.339 e. The van der Waals surface area contributed by atoms with Crippen LogP contribution in [0.2, 0.25) is 5.02 Å². The van der Waals surface area contributed by atoms with Crippen LogP contribution in [0.15, 0.2) is 63.9 Å². The minimum atomic E-state index is -0.528. The van der Waals surface area contributed by atoms with Crippen LogP contribution >= 0.6 is 23.4 Å². The van der Waals surface area contributed by atoms with Crippen molar-refractivity contribution in [2.45, 2.75) is 6.92 Å². The molecule has 10 heteroatoms. The predicted molar refractivity (Wildman–Crippen MR) is 136 cm³/mol. The maximum atomic E-state index is 12.8. The van der Waals surface area contributed by atoms with Crippen molar-refractivity contribution in [2.75, 3.05) is 26.9 Å². The minimum Gasteiger partial charge on any atom is -0.493 e. The fourth-order valence-corrected chi connectivity index (χ4v) is 4.48. The largest absolute Gasteiger partial charge is 0.493 e. The normalized spacial score (nSPS) is 14.4. The van der Waals surface area contributed by atoms with Crippen LogP contribution in [0.3, 0.4) is 0 Å². The Bertz CT molecular complexity index is 1330. The first-order valence-corrected chi connectivity index (χ1v) is 12.2. The van der Waals surface area contributed by atoms with Crippen molar-refractivity contribution < 1.29 is 33.0 Å². The summed E-state index contributed by atoms with van der Waals surface area (Å²) < 4.78 is 21.8. The summed E-state index contributed by atoms with van der Waals surface area (Å²) in [6.07, 6.45) is 1.51. The van der Waals surface area contributed by atoms with Gasteiger partial charge in [0.2, 0.25) is 0 Å². The highest BCUT2D eigenvalue weighted by molar-refractivity contribution is 8.18. The van der Waals surface area contributed by atoms with Gasteiger partial charge in [-0.1, -0.05) is 23.7 Å². The summed E-state index contributed by atoms with van der Waals surface area (Å²) in [4.78, 5) is 38.7. The smallest absolute Gasteiger partial charge is 0.339 e. The van der Waals surface area contributed by atoms with Gasteiger partial charge in [0.05, 0.1) is 35.8 Å². The number of benzene rings is 2. The van der Waals surface area contributed by atoms with Crippen LogP contribution in [0.25, 0.3) is 17.4 Å². The zero-order valence-corrected chi connectivity index (χ0v) is 21.1. The molecule has 36 heavy (non-hydrogen) atoms. The number of carbonyl (C=O) groups excluding carboxylic acids is 3. The Balaban J connectivity index is 1.44. The summed E-state index contributed by atoms with van der Waals surface area (Å²) in [7, 11) is 1.54. The van der Waals surface area contributed by atoms with Gasteiger partial charge in [0.15, 0.2) is 11.5 Å². The van der Waals surface area contributed by atoms with Crippen molar-refractivity contribution >= 4 is 46.6 Å². The number of carbonyl (C=O) groups is 3. The molecule has 0 bridgehead atoms. The lowest BCUT2D eigenvalue weighted by molar-refractivity contribution is -0.123. The van der Waals surface area contributed by atoms with E-state index in [1.54, 1.807) is 55.5 Å². The van der Waals surface area contributed by atoms with Gasteiger partial charge in [-0.25, -0.2) is 4.79 Å². The molecule has 8 nitrogen and oxygen atoms in total. The number of hydrogen-bond acceptors (Lipinski definition) is 8. The number of ether oxygens (including phenoxy) is 3. The zero-order valence-electron chi connectivity index (χ0n) is 19.5. The second-order valence-corrected chi connectivity index (χ2v) is 8.85. The molecule has 0 atom stereocenters. The van der Waals surface area contributed by atoms with Crippen LogP contribution in [0.1, 0.15) is 23.0 Å². The SMILES string of the molecule is CCOC(=O)c1cc(-c2ccc(/C=C3\SC(=O)N(CCOc4ccccc4OC)C3=O)o2)ccc1Cl. The number of esters is 1. The van der Waals surface area contributed by atoms with Gasteiger partial charge in [-0.15, -0.1) is 0 Å². The van der Waals surface area contributed by atoms with E-state index in [4.69, 9.17) is 30.2 Å². The van der Waals surface area contributed by atoms with Crippen LogP contribution in [0.4, 0.5) is 4.79 Å². The van der Waals surface area contributed by atoms with E-state index in [0.29, 0.717) is 28.6 Å². The Kier molecular flexibility index (Phi) is 8.02. The summed E-state index contributed by atoms with van der Waals surface area (Å²) in [5.41, 5.74) is 0.842. The number of hydrogen-bond donors (Lipinski definition) is 0. The number of para-hydroxylation sites is 2. The summed E-state index contributed by atoms with van der Waals surface area (Å²) in [6.45, 7) is 2.15. The first-order valence-electron chi connectivity index (χ1n) is 11.0. The number of amides is 2. The van der Waals surface area contributed by atoms with Crippen molar-refractivity contribution in [1.29, 1.82) is 0 Å². The lowest BCUT2D eigenvalue weighted by Gasteiger charge is -2.14. The molecule has 0 spiro atoms. The number of halogens is 1. The highest BCUT2D eigenvalue weighted by atomic mass is 35.5. The summed E-state index contributed by atoms with van der Waals surface area (Å²) >= 11 is 6.96. The van der Waals surface area contributed by atoms with Gasteiger partial charge in [0, 0.05) is 11.6 Å². The second-order valence-electron chi connectivity index (χ2n) is 7.45. The Morgan fingerprint density at radius 2 is 1.89 bits per heavy atom. The van der Waals surface area contributed by atoms with Crippen molar-refractivity contribution in [3.05, 3.63) is 75.8 Å². The van der Waals surface area contributed by atoms with Gasteiger partial charge in [0.1, 0.15) is 18.1 Å². The molecule has 1 aliphatic rings. The quantitative estimate of drug-likeness (QED) is 0.251. The van der Waals surface area contributed by atoms with Crippen LogP contribution in [-0.4, -0.2) is 48.9 Å². The Morgan fingerprint density at radius 1 is 1.11 bits per heavy atom. The fourth-order valence-electron chi connectivity index (χ4n) is 3.44. The standard InChI is InChI=1S/C26H22ClNO7S/c1-3-33-25(30)18-14-16(8-10-19(18)27)20-11-9-17(35-20)15-23-24(29)28(26(31)36-23)12-13-34-22-7-5-4-6-21(22)32-2/h4-11,14-15H,3,12-13H2,1-2H3/b23-15-. The molecule has 0 aliphatic carbocycles. The molecular formula is C26H22ClNO7S. The van der Waals surface area contributed by atoms with Gasteiger partial charge in [-0.05, 0) is 61.2 Å². The molecule has 0 radical (unpaired) electrons. The number of furan rings is 1. The molecule has 186 valence electrons. The van der Waals surface area contributed by atoms with Crippen LogP contribution in [0.5, 0.6) is 11.5 Å². The Hall–Kier alpha value is -3.69. The first-order chi connectivity index (χ1) is 17.4. The molecule has 2 heterocycles. The average Bonchev–Trinajstić information content (AvgIpc) is 3.44. The zero-order chi connectivity index (χ0) is 25.7. The fraction of sp³-hybridized carbons (Fsp3) is 0.192. The van der Waals surface area contributed by atoms with E-state index >= 15 is 0 Å². The van der Waals surface area contributed by atoms with Crippen LogP contribution in [0, 0.1) is 0 Å². The highest BCUT2D eigenvalue weighted by Gasteiger charge is 2.35. The molecule has 1 aliphatic heterocycles. The van der Waals surface area contributed by atoms with E-state index < -0.39 is 17.1 Å². The second kappa shape index (κ2) is 11.4. The third kappa shape index (κ3) is 5.58. The Morgan fingerprint density at radius 3 is 2.64 bits per heavy atom. The van der Waals surface area contributed by atoms with Crippen LogP contribution in [-0.2, 0) is 9.53 Å². The molecule has 2 amide bonds.